The Balaban J connectivity index is 1.82. The van der Waals surface area contributed by atoms with Crippen LogP contribution < -0.4 is 4.72 Å². The van der Waals surface area contributed by atoms with E-state index in [0.717, 1.165) is 12.8 Å². The molecule has 1 unspecified atom stereocenters. The number of aliphatic hydroxyl groups excluding tert-OH is 1. The number of ether oxygens (including phenoxy) is 1. The topological polar surface area (TPSA) is 147 Å². The van der Waals surface area contributed by atoms with E-state index in [2.05, 4.69) is 24.8 Å². The zero-order valence-electron chi connectivity index (χ0n) is 27.3. The summed E-state index contributed by atoms with van der Waals surface area (Å²) in [7, 11) is -3.91. The molecular formula is C33H52N2O8S. The number of nitrogens with one attached hydrogen (secondary N) is 1. The first-order chi connectivity index (χ1) is 20.3. The number of rotatable bonds is 16. The van der Waals surface area contributed by atoms with Gasteiger partial charge >= 0.3 is 5.97 Å². The van der Waals surface area contributed by atoms with Crippen LogP contribution >= 0.6 is 0 Å². The van der Waals surface area contributed by atoms with Crippen LogP contribution in [-0.2, 0) is 33.9 Å². The Morgan fingerprint density at radius 2 is 1.80 bits per heavy atom. The summed E-state index contributed by atoms with van der Waals surface area (Å²) in [6.07, 6.45) is 5.56. The molecule has 7 atom stereocenters. The summed E-state index contributed by atoms with van der Waals surface area (Å²) >= 11 is 0. The predicted octanol–water partition coefficient (Wildman–Crippen LogP) is 4.07. The quantitative estimate of drug-likeness (QED) is 0.190. The minimum atomic E-state index is -3.91. The van der Waals surface area contributed by atoms with Crippen LogP contribution in [-0.4, -0.2) is 71.0 Å². The van der Waals surface area contributed by atoms with Crippen LogP contribution in [0.4, 0.5) is 0 Å². The van der Waals surface area contributed by atoms with Gasteiger partial charge in [-0.2, -0.15) is 0 Å². The summed E-state index contributed by atoms with van der Waals surface area (Å²) in [4.78, 5) is 55.6. The van der Waals surface area contributed by atoms with Crippen LogP contribution in [0.5, 0.6) is 0 Å². The number of likely N-dealkylation sites (tertiary alicyclic amines) is 1. The van der Waals surface area contributed by atoms with Gasteiger partial charge in [-0.15, -0.1) is 13.2 Å². The largest absolute Gasteiger partial charge is 0.460 e. The van der Waals surface area contributed by atoms with Gasteiger partial charge in [0.25, 0.3) is 0 Å². The van der Waals surface area contributed by atoms with Crippen molar-refractivity contribution in [3.05, 3.63) is 25.3 Å². The molecule has 2 aliphatic carbocycles. The van der Waals surface area contributed by atoms with Crippen LogP contribution in [0, 0.1) is 29.1 Å². The maximum absolute atomic E-state index is 14.1. The van der Waals surface area contributed by atoms with E-state index in [-0.39, 0.29) is 50.0 Å². The van der Waals surface area contributed by atoms with Gasteiger partial charge in [-0.05, 0) is 84.0 Å². The molecule has 0 aromatic heterocycles. The first-order valence-electron chi connectivity index (χ1n) is 15.8. The SMILES string of the molecule is C=CCCC(C)C[C@@H](C)[C@H](CC(=O)OC(C)(C)C)C(=O)N1C[C@H](O)C[C@H]1C(=O)C[C@]1(C(=O)NS(=O)(=O)C2(C)CC2)C[C@H]1C=C. The number of sulfonamides is 1. The highest BCUT2D eigenvalue weighted by molar-refractivity contribution is 7.91. The minimum Gasteiger partial charge on any atom is -0.460 e. The van der Waals surface area contributed by atoms with Crippen molar-refractivity contribution in [2.24, 2.45) is 29.1 Å². The number of carbonyl (C=O) groups is 4. The van der Waals surface area contributed by atoms with E-state index in [0.29, 0.717) is 19.3 Å². The number of hydrogen-bond acceptors (Lipinski definition) is 8. The number of β-amino-alcohol motifs (C(OH)–C–C–N with tert-alkyl or cyclic N) is 1. The zero-order chi connectivity index (χ0) is 33.3. The Kier molecular flexibility index (Phi) is 11.0. The smallest absolute Gasteiger partial charge is 0.307 e. The lowest BCUT2D eigenvalue weighted by Gasteiger charge is -2.32. The second-order valence-corrected chi connectivity index (χ2v) is 16.9. The highest BCUT2D eigenvalue weighted by Gasteiger charge is 2.62. The molecule has 2 saturated carbocycles. The maximum atomic E-state index is 14.1. The van der Waals surface area contributed by atoms with Gasteiger partial charge in [-0.3, -0.25) is 23.9 Å². The van der Waals surface area contributed by atoms with Gasteiger partial charge in [0.05, 0.1) is 34.6 Å². The molecule has 3 fully saturated rings. The highest BCUT2D eigenvalue weighted by atomic mass is 32.2. The third kappa shape index (κ3) is 8.38. The summed E-state index contributed by atoms with van der Waals surface area (Å²) in [6, 6.07) is -1.00. The standard InChI is InChI=1S/C33H52N2O8S/c1-9-11-12-21(3)15-22(4)25(17-28(38)43-31(5,6)7)29(39)35-20-24(36)16-26(35)27(37)19-33(18-23(33)10-2)30(40)34-44(41,42)32(8)13-14-32/h9-10,21-26,36H,1-2,11-20H2,3-8H3,(H,34,40)/t21?,22-,23-,24-,25+,26+,33-/m1/s1. The van der Waals surface area contributed by atoms with E-state index in [1.54, 1.807) is 33.8 Å². The van der Waals surface area contributed by atoms with Crippen LogP contribution in [0.3, 0.4) is 0 Å². The third-order valence-electron chi connectivity index (χ3n) is 9.57. The number of nitrogens with zero attached hydrogens (tertiary/aromatic N) is 1. The number of Topliss-reactive ketones (excluding diaryl/α,β-unsaturated/α-hetero) is 1. The average Bonchev–Trinajstić information content (AvgIpc) is 3.80. The van der Waals surface area contributed by atoms with Gasteiger partial charge in [0.15, 0.2) is 5.78 Å². The van der Waals surface area contributed by atoms with Gasteiger partial charge in [-0.25, -0.2) is 8.42 Å². The number of carbonyl (C=O) groups excluding carboxylic acids is 4. The lowest BCUT2D eigenvalue weighted by atomic mass is 9.82. The Morgan fingerprint density at radius 3 is 2.32 bits per heavy atom. The Hall–Kier alpha value is -2.53. The fraction of sp³-hybridized carbons (Fsp3) is 0.758. The van der Waals surface area contributed by atoms with E-state index in [9.17, 15) is 32.7 Å². The van der Waals surface area contributed by atoms with Crippen molar-refractivity contribution in [3.8, 4) is 0 Å². The molecule has 248 valence electrons. The molecule has 0 aromatic carbocycles. The van der Waals surface area contributed by atoms with Crippen LogP contribution in [0.15, 0.2) is 25.3 Å². The number of allylic oxidation sites excluding steroid dienone is 2. The van der Waals surface area contributed by atoms with E-state index in [1.165, 1.54) is 4.90 Å². The van der Waals surface area contributed by atoms with Crippen molar-refractivity contribution < 1.29 is 37.4 Å². The van der Waals surface area contributed by atoms with Gasteiger partial charge in [0.1, 0.15) is 5.60 Å². The molecule has 0 aromatic rings. The van der Waals surface area contributed by atoms with E-state index in [4.69, 9.17) is 4.74 Å². The second-order valence-electron chi connectivity index (χ2n) is 14.7. The van der Waals surface area contributed by atoms with E-state index < -0.39 is 67.4 Å². The molecular weight excluding hydrogens is 584 g/mol. The predicted molar refractivity (Wildman–Crippen MR) is 168 cm³/mol. The molecule has 0 spiro atoms. The lowest BCUT2D eigenvalue weighted by Crippen LogP contribution is -2.48. The monoisotopic (exact) mass is 636 g/mol. The summed E-state index contributed by atoms with van der Waals surface area (Å²) in [6.45, 7) is 18.3. The first kappa shape index (κ1) is 35.9. The fourth-order valence-electron chi connectivity index (χ4n) is 6.40. The number of ketones is 1. The molecule has 10 nitrogen and oxygen atoms in total. The van der Waals surface area contributed by atoms with Gasteiger partial charge in [0, 0.05) is 19.4 Å². The van der Waals surface area contributed by atoms with Gasteiger partial charge in [-0.1, -0.05) is 26.0 Å². The molecule has 0 radical (unpaired) electrons. The fourth-order valence-corrected chi connectivity index (χ4v) is 7.73. The Bertz CT molecular complexity index is 1250. The van der Waals surface area contributed by atoms with Crippen molar-refractivity contribution in [2.75, 3.05) is 6.54 Å². The van der Waals surface area contributed by atoms with E-state index in [1.807, 2.05) is 13.0 Å². The summed E-state index contributed by atoms with van der Waals surface area (Å²) in [5, 5.41) is 10.6. The van der Waals surface area contributed by atoms with Crippen molar-refractivity contribution in [2.45, 2.75) is 122 Å². The first-order valence-corrected chi connectivity index (χ1v) is 17.3. The lowest BCUT2D eigenvalue weighted by molar-refractivity contribution is -0.160. The summed E-state index contributed by atoms with van der Waals surface area (Å²) in [5.74, 6) is -3.20. The van der Waals surface area contributed by atoms with Crippen molar-refractivity contribution in [1.29, 1.82) is 0 Å². The summed E-state index contributed by atoms with van der Waals surface area (Å²) < 4.78 is 32.4. The summed E-state index contributed by atoms with van der Waals surface area (Å²) in [5.41, 5.74) is -2.01. The molecule has 2 N–H and O–H groups in total. The molecule has 11 heteroatoms. The third-order valence-corrected chi connectivity index (χ3v) is 11.7. The second kappa shape index (κ2) is 13.4. The Morgan fingerprint density at radius 1 is 1.16 bits per heavy atom. The van der Waals surface area contributed by atoms with E-state index >= 15 is 0 Å². The molecule has 1 heterocycles. The maximum Gasteiger partial charge on any atom is 0.307 e. The molecule has 0 bridgehead atoms. The normalized spacial score (nSPS) is 27.9. The molecule has 44 heavy (non-hydrogen) atoms. The molecule has 1 saturated heterocycles. The van der Waals surface area contributed by atoms with Crippen LogP contribution in [0.1, 0.15) is 99.3 Å². The van der Waals surface area contributed by atoms with Crippen LogP contribution in [0.25, 0.3) is 0 Å². The molecule has 2 amide bonds. The van der Waals surface area contributed by atoms with Gasteiger partial charge in [0.2, 0.25) is 21.8 Å². The molecule has 3 rings (SSSR count). The minimum absolute atomic E-state index is 0.000669. The van der Waals surface area contributed by atoms with Crippen molar-refractivity contribution in [1.82, 2.24) is 9.62 Å². The van der Waals surface area contributed by atoms with Crippen molar-refractivity contribution in [3.63, 3.8) is 0 Å². The van der Waals surface area contributed by atoms with Crippen molar-refractivity contribution >= 4 is 33.6 Å². The number of hydrogen-bond donors (Lipinski definition) is 2. The number of aliphatic hydroxyl groups is 1. The Labute approximate surface area is 263 Å². The van der Waals surface area contributed by atoms with Crippen LogP contribution in [0.2, 0.25) is 0 Å². The molecule has 3 aliphatic rings. The van der Waals surface area contributed by atoms with Gasteiger partial charge < -0.3 is 14.7 Å². The highest BCUT2D eigenvalue weighted by Crippen LogP contribution is 2.57. The zero-order valence-corrected chi connectivity index (χ0v) is 28.1. The molecule has 1 aliphatic heterocycles. The number of esters is 1. The average molecular weight is 637 g/mol. The number of amides is 2.